The molecule has 0 bridgehead atoms. The fourth-order valence-electron chi connectivity index (χ4n) is 1.52. The summed E-state index contributed by atoms with van der Waals surface area (Å²) in [5.74, 6) is -0.241. The molecule has 0 aliphatic rings. The second kappa shape index (κ2) is 6.28. The second-order valence-electron chi connectivity index (χ2n) is 3.71. The summed E-state index contributed by atoms with van der Waals surface area (Å²) >= 11 is 0. The Morgan fingerprint density at radius 3 is 2.44 bits per heavy atom. The molecule has 1 aromatic rings. The van der Waals surface area contributed by atoms with Crippen LogP contribution in [-0.4, -0.2) is 12.6 Å². The van der Waals surface area contributed by atoms with E-state index in [0.717, 1.165) is 12.0 Å². The minimum Gasteiger partial charge on any atom is -0.466 e. The van der Waals surface area contributed by atoms with E-state index in [-0.39, 0.29) is 18.4 Å². The molecule has 0 fully saturated rings. The van der Waals surface area contributed by atoms with Crippen LogP contribution in [0.15, 0.2) is 24.3 Å². The SMILES string of the molecule is CCOC(=O)CC(N)c1ccc(CC)cc1. The van der Waals surface area contributed by atoms with Gasteiger partial charge in [-0.05, 0) is 24.5 Å². The van der Waals surface area contributed by atoms with Gasteiger partial charge in [0, 0.05) is 6.04 Å². The van der Waals surface area contributed by atoms with E-state index < -0.39 is 0 Å². The molecule has 88 valence electrons. The third-order valence-electron chi connectivity index (χ3n) is 2.51. The van der Waals surface area contributed by atoms with Crippen LogP contribution in [0.2, 0.25) is 0 Å². The minimum atomic E-state index is -0.273. The van der Waals surface area contributed by atoms with Crippen molar-refractivity contribution in [3.63, 3.8) is 0 Å². The highest BCUT2D eigenvalue weighted by Gasteiger charge is 2.11. The Labute approximate surface area is 96.6 Å². The van der Waals surface area contributed by atoms with Gasteiger partial charge in [-0.2, -0.15) is 0 Å². The summed E-state index contributed by atoms with van der Waals surface area (Å²) < 4.78 is 4.86. The molecule has 1 rings (SSSR count). The van der Waals surface area contributed by atoms with Crippen LogP contribution in [0, 0.1) is 0 Å². The highest BCUT2D eigenvalue weighted by atomic mass is 16.5. The van der Waals surface area contributed by atoms with Crippen molar-refractivity contribution >= 4 is 5.97 Å². The van der Waals surface area contributed by atoms with Crippen molar-refractivity contribution in [3.8, 4) is 0 Å². The van der Waals surface area contributed by atoms with Gasteiger partial charge in [-0.25, -0.2) is 0 Å². The number of carbonyl (C=O) groups excluding carboxylic acids is 1. The number of nitrogens with two attached hydrogens (primary N) is 1. The lowest BCUT2D eigenvalue weighted by Gasteiger charge is -2.11. The van der Waals surface area contributed by atoms with Gasteiger partial charge >= 0.3 is 5.97 Å². The molecule has 0 saturated heterocycles. The lowest BCUT2D eigenvalue weighted by Crippen LogP contribution is -2.17. The molecule has 0 radical (unpaired) electrons. The molecule has 3 nitrogen and oxygen atoms in total. The smallest absolute Gasteiger partial charge is 0.307 e. The monoisotopic (exact) mass is 221 g/mol. The molecular weight excluding hydrogens is 202 g/mol. The van der Waals surface area contributed by atoms with Crippen molar-refractivity contribution in [1.82, 2.24) is 0 Å². The molecule has 1 aromatic carbocycles. The molecule has 0 aromatic heterocycles. The molecule has 0 amide bonds. The molecular formula is C13H19NO2. The summed E-state index contributed by atoms with van der Waals surface area (Å²) in [7, 11) is 0. The largest absolute Gasteiger partial charge is 0.466 e. The van der Waals surface area contributed by atoms with E-state index in [0.29, 0.717) is 6.61 Å². The van der Waals surface area contributed by atoms with Crippen molar-refractivity contribution in [3.05, 3.63) is 35.4 Å². The van der Waals surface area contributed by atoms with Crippen LogP contribution >= 0.6 is 0 Å². The van der Waals surface area contributed by atoms with Crippen LogP contribution in [0.3, 0.4) is 0 Å². The summed E-state index contributed by atoms with van der Waals surface area (Å²) in [5.41, 5.74) is 8.16. The van der Waals surface area contributed by atoms with E-state index in [1.165, 1.54) is 5.56 Å². The number of carbonyl (C=O) groups is 1. The van der Waals surface area contributed by atoms with Crippen LogP contribution in [0.5, 0.6) is 0 Å². The summed E-state index contributed by atoms with van der Waals surface area (Å²) in [4.78, 5) is 11.2. The lowest BCUT2D eigenvalue weighted by atomic mass is 10.0. The Morgan fingerprint density at radius 2 is 1.94 bits per heavy atom. The average Bonchev–Trinajstić information content (AvgIpc) is 2.29. The lowest BCUT2D eigenvalue weighted by molar-refractivity contribution is -0.143. The van der Waals surface area contributed by atoms with Gasteiger partial charge in [0.1, 0.15) is 0 Å². The van der Waals surface area contributed by atoms with Crippen molar-refractivity contribution in [2.75, 3.05) is 6.61 Å². The maximum atomic E-state index is 11.2. The van der Waals surface area contributed by atoms with Gasteiger partial charge < -0.3 is 10.5 Å². The molecule has 0 heterocycles. The zero-order valence-electron chi connectivity index (χ0n) is 9.90. The van der Waals surface area contributed by atoms with E-state index in [9.17, 15) is 4.79 Å². The van der Waals surface area contributed by atoms with Gasteiger partial charge in [0.25, 0.3) is 0 Å². The molecule has 0 spiro atoms. The first-order valence-electron chi connectivity index (χ1n) is 5.67. The number of hydrogen-bond acceptors (Lipinski definition) is 3. The number of hydrogen-bond donors (Lipinski definition) is 1. The van der Waals surface area contributed by atoms with Gasteiger partial charge in [0.05, 0.1) is 13.0 Å². The third-order valence-corrected chi connectivity index (χ3v) is 2.51. The highest BCUT2D eigenvalue weighted by molar-refractivity contribution is 5.70. The first-order chi connectivity index (χ1) is 7.67. The Morgan fingerprint density at radius 1 is 1.31 bits per heavy atom. The van der Waals surface area contributed by atoms with Gasteiger partial charge in [-0.15, -0.1) is 0 Å². The summed E-state index contributed by atoms with van der Waals surface area (Å²) in [6.07, 6.45) is 1.24. The number of rotatable bonds is 5. The first-order valence-corrected chi connectivity index (χ1v) is 5.67. The fourth-order valence-corrected chi connectivity index (χ4v) is 1.52. The van der Waals surface area contributed by atoms with Crippen molar-refractivity contribution in [2.45, 2.75) is 32.7 Å². The maximum Gasteiger partial charge on any atom is 0.307 e. The highest BCUT2D eigenvalue weighted by Crippen LogP contribution is 2.15. The van der Waals surface area contributed by atoms with E-state index in [1.807, 2.05) is 24.3 Å². The zero-order valence-corrected chi connectivity index (χ0v) is 9.90. The first kappa shape index (κ1) is 12.7. The van der Waals surface area contributed by atoms with Gasteiger partial charge in [-0.3, -0.25) is 4.79 Å². The summed E-state index contributed by atoms with van der Waals surface area (Å²) in [6, 6.07) is 7.76. The molecule has 0 aliphatic heterocycles. The third kappa shape index (κ3) is 3.66. The molecule has 3 heteroatoms. The Bertz CT molecular complexity index is 332. The van der Waals surface area contributed by atoms with Crippen LogP contribution in [0.4, 0.5) is 0 Å². The van der Waals surface area contributed by atoms with E-state index in [4.69, 9.17) is 10.5 Å². The number of aryl methyl sites for hydroxylation is 1. The predicted octanol–water partition coefficient (Wildman–Crippen LogP) is 2.20. The van der Waals surface area contributed by atoms with E-state index in [1.54, 1.807) is 6.92 Å². The van der Waals surface area contributed by atoms with Gasteiger partial charge in [0.15, 0.2) is 0 Å². The second-order valence-corrected chi connectivity index (χ2v) is 3.71. The van der Waals surface area contributed by atoms with E-state index in [2.05, 4.69) is 6.92 Å². The molecule has 0 aliphatic carbocycles. The van der Waals surface area contributed by atoms with Crippen molar-refractivity contribution in [1.29, 1.82) is 0 Å². The normalized spacial score (nSPS) is 12.2. The summed E-state index contributed by atoms with van der Waals surface area (Å²) in [6.45, 7) is 4.30. The van der Waals surface area contributed by atoms with Crippen LogP contribution in [0.1, 0.15) is 37.4 Å². The van der Waals surface area contributed by atoms with Crippen LogP contribution in [0.25, 0.3) is 0 Å². The Hall–Kier alpha value is -1.35. The zero-order chi connectivity index (χ0) is 12.0. The van der Waals surface area contributed by atoms with Gasteiger partial charge in [0.2, 0.25) is 0 Å². The molecule has 16 heavy (non-hydrogen) atoms. The Balaban J connectivity index is 2.58. The standard InChI is InChI=1S/C13H19NO2/c1-3-10-5-7-11(8-6-10)12(14)9-13(15)16-4-2/h5-8,12H,3-4,9,14H2,1-2H3. The number of esters is 1. The number of benzene rings is 1. The van der Waals surface area contributed by atoms with Crippen molar-refractivity contribution in [2.24, 2.45) is 5.73 Å². The van der Waals surface area contributed by atoms with Crippen LogP contribution < -0.4 is 5.73 Å². The topological polar surface area (TPSA) is 52.3 Å². The number of ether oxygens (including phenoxy) is 1. The van der Waals surface area contributed by atoms with E-state index >= 15 is 0 Å². The minimum absolute atomic E-state index is 0.235. The molecule has 2 N–H and O–H groups in total. The molecule has 1 atom stereocenters. The van der Waals surface area contributed by atoms with Crippen LogP contribution in [-0.2, 0) is 16.0 Å². The quantitative estimate of drug-likeness (QED) is 0.775. The average molecular weight is 221 g/mol. The Kier molecular flexibility index (Phi) is 4.99. The van der Waals surface area contributed by atoms with Crippen molar-refractivity contribution < 1.29 is 9.53 Å². The fraction of sp³-hybridized carbons (Fsp3) is 0.462. The summed E-state index contributed by atoms with van der Waals surface area (Å²) in [5, 5.41) is 0. The molecule has 0 saturated carbocycles. The maximum absolute atomic E-state index is 11.2. The predicted molar refractivity (Wildman–Crippen MR) is 64.0 cm³/mol. The molecule has 1 unspecified atom stereocenters. The van der Waals surface area contributed by atoms with Gasteiger partial charge in [-0.1, -0.05) is 31.2 Å².